The van der Waals surface area contributed by atoms with Gasteiger partial charge >= 0.3 is 0 Å². The van der Waals surface area contributed by atoms with Crippen LogP contribution in [-0.2, 0) is 0 Å². The fourth-order valence-electron chi connectivity index (χ4n) is 13.8. The van der Waals surface area contributed by atoms with Crippen molar-refractivity contribution in [3.8, 4) is 84.2 Å². The highest BCUT2D eigenvalue weighted by Gasteiger charge is 2.34. The number of rotatable bonds is 8. The van der Waals surface area contributed by atoms with Crippen molar-refractivity contribution in [2.75, 3.05) is 0 Å². The van der Waals surface area contributed by atoms with Gasteiger partial charge in [0.25, 0.3) is 0 Å². The lowest BCUT2D eigenvalue weighted by Gasteiger charge is -2.26. The van der Waals surface area contributed by atoms with Gasteiger partial charge in [0, 0.05) is 63.6 Å². The van der Waals surface area contributed by atoms with E-state index in [4.69, 9.17) is 4.85 Å². The molecule has 0 spiro atoms. The number of hydrogen-bond donors (Lipinski definition) is 0. The Morgan fingerprint density at radius 2 is 0.721 bits per heavy atom. The Labute approximate surface area is 503 Å². The molecule has 17 rings (SSSR count). The number of fused-ring (bicyclic) bond motifs is 14. The summed E-state index contributed by atoms with van der Waals surface area (Å²) in [4.78, 5) is 4.72. The van der Waals surface area contributed by atoms with Crippen LogP contribution in [0.2, 0.25) is 0 Å². The molecule has 0 saturated carbocycles. The standard InChI is InChI=1S/C80H46N4S2/c1-82-74-70(53-34-16-6-17-35-53)65(48-81)75(71(54-36-18-7-19-37-54)78(74)83-66-41-23-20-38-55(66)62-44-58(49-26-8-2-9-27-49)59(47-67(62)83)50-28-10-3-11-29-50)84-76-63(45-60(51-30-12-4-13-31-51)72-56-39-21-24-42-68(56)85-79(72)76)64-46-61(52-32-14-5-15-33-52)73-57-40-22-25-43-69(57)86-80(73)77(64)84/h2-47H. The molecule has 0 aliphatic rings. The molecule has 0 fully saturated rings. The van der Waals surface area contributed by atoms with E-state index in [1.807, 2.05) is 40.9 Å². The number of nitriles is 1. The number of aromatic nitrogens is 2. The molecule has 86 heavy (non-hydrogen) atoms. The maximum atomic E-state index is 12.6. The molecule has 6 heteroatoms. The molecule has 0 unspecified atom stereocenters. The Morgan fingerprint density at radius 1 is 0.337 bits per heavy atom. The van der Waals surface area contributed by atoms with Crippen molar-refractivity contribution in [3.63, 3.8) is 0 Å². The van der Waals surface area contributed by atoms with E-state index in [-0.39, 0.29) is 0 Å². The van der Waals surface area contributed by atoms with Crippen molar-refractivity contribution in [2.24, 2.45) is 0 Å². The molecule has 4 nitrogen and oxygen atoms in total. The van der Waals surface area contributed by atoms with Gasteiger partial charge in [-0.1, -0.05) is 237 Å². The summed E-state index contributed by atoms with van der Waals surface area (Å²) in [7, 11) is 0. The Balaban J connectivity index is 1.16. The molecule has 0 N–H and O–H groups in total. The lowest BCUT2D eigenvalue weighted by molar-refractivity contribution is 1.14. The molecule has 0 saturated heterocycles. The van der Waals surface area contributed by atoms with Crippen molar-refractivity contribution in [2.45, 2.75) is 0 Å². The second kappa shape index (κ2) is 19.8. The summed E-state index contributed by atoms with van der Waals surface area (Å²) in [6, 6.07) is 102. The largest absolute Gasteiger partial charge is 0.318 e. The molecule has 0 aliphatic carbocycles. The van der Waals surface area contributed by atoms with E-state index < -0.39 is 0 Å². The Morgan fingerprint density at radius 3 is 1.19 bits per heavy atom. The number of nitrogens with zero attached hydrogens (tertiary/aromatic N) is 4. The van der Waals surface area contributed by atoms with Crippen LogP contribution in [0.25, 0.3) is 167 Å². The fraction of sp³-hybridized carbons (Fsp3) is 0. The first-order valence-corrected chi connectivity index (χ1v) is 30.5. The van der Waals surface area contributed by atoms with E-state index in [9.17, 15) is 11.8 Å². The summed E-state index contributed by atoms with van der Waals surface area (Å²) in [5.41, 5.74) is 18.1. The van der Waals surface area contributed by atoms with E-state index in [0.29, 0.717) is 28.2 Å². The molecular formula is C80H46N4S2. The maximum Gasteiger partial charge on any atom is 0.220 e. The van der Waals surface area contributed by atoms with E-state index >= 15 is 0 Å². The van der Waals surface area contributed by atoms with Crippen LogP contribution >= 0.6 is 22.7 Å². The van der Waals surface area contributed by atoms with Gasteiger partial charge in [0.2, 0.25) is 5.69 Å². The highest BCUT2D eigenvalue weighted by molar-refractivity contribution is 7.27. The van der Waals surface area contributed by atoms with Gasteiger partial charge in [0.1, 0.15) is 6.07 Å². The maximum absolute atomic E-state index is 12.6. The molecule has 4 aromatic heterocycles. The Hall–Kier alpha value is -11.1. The van der Waals surface area contributed by atoms with Gasteiger partial charge in [0.05, 0.1) is 55.0 Å². The van der Waals surface area contributed by atoms with Crippen molar-refractivity contribution >= 4 is 112 Å². The third kappa shape index (κ3) is 7.38. The van der Waals surface area contributed by atoms with Crippen molar-refractivity contribution in [3.05, 3.63) is 296 Å². The smallest absolute Gasteiger partial charge is 0.220 e. The number of thiophene rings is 2. The SMILES string of the molecule is [C-]#[N+]c1c(-c2ccccc2)c(C#N)c(-n2c3c(cc(-c4ccccc4)c4c5ccccc5sc43)c3cc(-c4ccccc4)c4c5ccccc5sc4c32)c(-c2ccccc2)c1-n1c2ccccc2c2cc(-c3ccccc3)c(-c3ccccc3)cc21. The summed E-state index contributed by atoms with van der Waals surface area (Å²) < 4.78 is 9.43. The topological polar surface area (TPSA) is 38.0 Å². The molecular weight excluding hydrogens is 1080 g/mol. The third-order valence-electron chi connectivity index (χ3n) is 17.4. The fourth-order valence-corrected chi connectivity index (χ4v) is 16.3. The van der Waals surface area contributed by atoms with Crippen LogP contribution in [0.15, 0.2) is 279 Å². The minimum absolute atomic E-state index is 0.393. The van der Waals surface area contributed by atoms with E-state index in [1.54, 1.807) is 0 Å². The average Bonchev–Trinajstić information content (AvgIpc) is 1.51. The zero-order valence-corrected chi connectivity index (χ0v) is 47.8. The second-order valence-corrected chi connectivity index (χ2v) is 24.0. The van der Waals surface area contributed by atoms with Gasteiger partial charge in [-0.2, -0.15) is 5.26 Å². The van der Waals surface area contributed by atoms with Gasteiger partial charge in [0.15, 0.2) is 0 Å². The minimum Gasteiger partial charge on any atom is -0.318 e. The summed E-state index contributed by atoms with van der Waals surface area (Å²) in [6.45, 7) is 9.70. The number of hydrogen-bond acceptors (Lipinski definition) is 3. The highest BCUT2D eigenvalue weighted by atomic mass is 32.1. The van der Waals surface area contributed by atoms with Crippen LogP contribution in [0.4, 0.5) is 5.69 Å². The van der Waals surface area contributed by atoms with E-state index in [2.05, 4.69) is 276 Å². The third-order valence-corrected chi connectivity index (χ3v) is 19.7. The zero-order chi connectivity index (χ0) is 57.0. The highest BCUT2D eigenvalue weighted by Crippen LogP contribution is 2.57. The Bertz CT molecular complexity index is 5520. The average molecular weight is 1130 g/mol. The first-order chi connectivity index (χ1) is 42.6. The zero-order valence-electron chi connectivity index (χ0n) is 46.2. The minimum atomic E-state index is 0.393. The van der Waals surface area contributed by atoms with Gasteiger partial charge < -0.3 is 9.13 Å². The molecule has 4 heterocycles. The van der Waals surface area contributed by atoms with Gasteiger partial charge in [-0.25, -0.2) is 4.85 Å². The molecule has 0 bridgehead atoms. The first-order valence-electron chi connectivity index (χ1n) is 28.8. The van der Waals surface area contributed by atoms with Crippen LogP contribution in [0.5, 0.6) is 0 Å². The molecule has 398 valence electrons. The van der Waals surface area contributed by atoms with Crippen LogP contribution in [0, 0.1) is 17.9 Å². The van der Waals surface area contributed by atoms with E-state index in [1.165, 1.54) is 20.2 Å². The quantitative estimate of drug-likeness (QED) is 0.140. The van der Waals surface area contributed by atoms with E-state index in [0.717, 1.165) is 125 Å². The molecule has 0 aliphatic heterocycles. The van der Waals surface area contributed by atoms with Crippen LogP contribution in [0.1, 0.15) is 5.56 Å². The first kappa shape index (κ1) is 49.5. The molecule has 0 atom stereocenters. The predicted molar refractivity (Wildman–Crippen MR) is 364 cm³/mol. The van der Waals surface area contributed by atoms with Crippen LogP contribution < -0.4 is 0 Å². The van der Waals surface area contributed by atoms with Gasteiger partial charge in [-0.15, -0.1) is 22.7 Å². The summed E-state index contributed by atoms with van der Waals surface area (Å²) in [5.74, 6) is 0. The second-order valence-electron chi connectivity index (χ2n) is 21.9. The summed E-state index contributed by atoms with van der Waals surface area (Å²) >= 11 is 3.62. The van der Waals surface area contributed by atoms with Gasteiger partial charge in [-0.05, 0) is 98.1 Å². The number of benzene rings is 13. The summed E-state index contributed by atoms with van der Waals surface area (Å²) in [6.07, 6.45) is 0. The predicted octanol–water partition coefficient (Wildman–Crippen LogP) is 23.0. The van der Waals surface area contributed by atoms with Crippen LogP contribution in [0.3, 0.4) is 0 Å². The molecule has 0 amide bonds. The molecule has 17 aromatic rings. The normalized spacial score (nSPS) is 11.7. The molecule has 13 aromatic carbocycles. The lowest BCUT2D eigenvalue weighted by atomic mass is 9.88. The van der Waals surface area contributed by atoms with Gasteiger partial charge in [-0.3, -0.25) is 0 Å². The monoisotopic (exact) mass is 1130 g/mol. The lowest BCUT2D eigenvalue weighted by Crippen LogP contribution is -2.09. The van der Waals surface area contributed by atoms with Crippen molar-refractivity contribution in [1.29, 1.82) is 5.26 Å². The Kier molecular flexibility index (Phi) is 11.4. The van der Waals surface area contributed by atoms with Crippen molar-refractivity contribution in [1.82, 2.24) is 9.13 Å². The van der Waals surface area contributed by atoms with Crippen LogP contribution in [-0.4, -0.2) is 9.13 Å². The number of para-hydroxylation sites is 1. The molecule has 0 radical (unpaired) electrons. The summed E-state index contributed by atoms with van der Waals surface area (Å²) in [5, 5.41) is 21.6. The van der Waals surface area contributed by atoms with Crippen molar-refractivity contribution < 1.29 is 0 Å².